The monoisotopic (exact) mass is 411 g/mol. The molecule has 3 aromatic rings. The van der Waals surface area contributed by atoms with Gasteiger partial charge in [0.05, 0.1) is 4.90 Å². The molecule has 7 N–H and O–H groups in total. The number of aromatic amines is 1. The molecule has 0 aliphatic rings. The summed E-state index contributed by atoms with van der Waals surface area (Å²) in [5.74, 6) is 0.762. The molecule has 0 fully saturated rings. The molecule has 29 heavy (non-hydrogen) atoms. The summed E-state index contributed by atoms with van der Waals surface area (Å²) in [6.45, 7) is 1.33. The number of hydrogen-bond acceptors (Lipinski definition) is 6. The van der Waals surface area contributed by atoms with Crippen molar-refractivity contribution in [3.05, 3.63) is 48.0 Å². The van der Waals surface area contributed by atoms with Crippen LogP contribution in [0.15, 0.2) is 52.4 Å². The predicted molar refractivity (Wildman–Crippen MR) is 112 cm³/mol. The van der Waals surface area contributed by atoms with Crippen molar-refractivity contribution in [2.24, 2.45) is 15.9 Å². The highest BCUT2D eigenvalue weighted by molar-refractivity contribution is 7.82. The molecule has 10 nitrogen and oxygen atoms in total. The highest BCUT2D eigenvalue weighted by atomic mass is 32.2. The van der Waals surface area contributed by atoms with Gasteiger partial charge < -0.3 is 11.1 Å². The van der Waals surface area contributed by atoms with E-state index < -0.39 is 11.0 Å². The van der Waals surface area contributed by atoms with Gasteiger partial charge in [0.15, 0.2) is 0 Å². The number of nitrogens with two attached hydrogens (primary N) is 2. The van der Waals surface area contributed by atoms with Crippen LogP contribution in [0.5, 0.6) is 0 Å². The van der Waals surface area contributed by atoms with Gasteiger partial charge in [-0.3, -0.25) is 5.41 Å². The largest absolute Gasteiger partial charge is 0.387 e. The molecule has 11 heteroatoms. The van der Waals surface area contributed by atoms with Gasteiger partial charge in [0.2, 0.25) is 5.82 Å². The first-order chi connectivity index (χ1) is 14.1. The van der Waals surface area contributed by atoms with Crippen LogP contribution in [0, 0.1) is 5.41 Å². The summed E-state index contributed by atoms with van der Waals surface area (Å²) in [6, 6.07) is 13.4. The van der Waals surface area contributed by atoms with Crippen molar-refractivity contribution in [3.8, 4) is 22.5 Å². The van der Waals surface area contributed by atoms with Crippen LogP contribution in [0.2, 0.25) is 0 Å². The number of aliphatic imine (C=N–C) groups is 1. The summed E-state index contributed by atoms with van der Waals surface area (Å²) in [5, 5.41) is 29.9. The smallest absolute Gasteiger partial charge is 0.206 e. The number of nitrogens with zero attached hydrogens (tertiary/aromatic N) is 4. The third-order valence-electron chi connectivity index (χ3n) is 4.19. The topological polar surface area (TPSA) is 172 Å². The summed E-state index contributed by atoms with van der Waals surface area (Å²) in [7, 11) is -1.69. The van der Waals surface area contributed by atoms with Crippen molar-refractivity contribution in [2.75, 3.05) is 6.54 Å². The van der Waals surface area contributed by atoms with Gasteiger partial charge in [0.25, 0.3) is 0 Å². The van der Waals surface area contributed by atoms with Gasteiger partial charge in [-0.2, -0.15) is 5.21 Å². The number of rotatable bonds is 9. The highest BCUT2D eigenvalue weighted by Crippen LogP contribution is 2.34. The lowest BCUT2D eigenvalue weighted by atomic mass is 9.98. The Morgan fingerprint density at radius 2 is 2.07 bits per heavy atom. The van der Waals surface area contributed by atoms with Crippen LogP contribution >= 0.6 is 0 Å². The number of nitrogens with one attached hydrogen (secondary N) is 3. The lowest BCUT2D eigenvalue weighted by molar-refractivity contribution is 0.684. The van der Waals surface area contributed by atoms with E-state index in [9.17, 15) is 4.21 Å². The lowest BCUT2D eigenvalue weighted by Gasteiger charge is -2.11. The third kappa shape index (κ3) is 5.16. The highest BCUT2D eigenvalue weighted by Gasteiger charge is 2.18. The summed E-state index contributed by atoms with van der Waals surface area (Å²) in [5.41, 5.74) is 9.07. The second-order valence-corrected chi connectivity index (χ2v) is 7.12. The molecular weight excluding hydrogens is 390 g/mol. The fourth-order valence-electron chi connectivity index (χ4n) is 2.84. The van der Waals surface area contributed by atoms with Gasteiger partial charge in [-0.1, -0.05) is 36.4 Å². The zero-order valence-electron chi connectivity index (χ0n) is 15.5. The molecule has 0 spiro atoms. The van der Waals surface area contributed by atoms with Crippen LogP contribution in [0.25, 0.3) is 22.5 Å². The molecule has 150 valence electrons. The van der Waals surface area contributed by atoms with Crippen molar-refractivity contribution in [1.29, 1.82) is 5.41 Å². The van der Waals surface area contributed by atoms with Crippen molar-refractivity contribution in [1.82, 2.24) is 25.9 Å². The SMILES string of the molecule is N=CN=C(N)CCNCc1ccc(-c2cccc(S(N)=O)c2-c2nn[nH]n2)cc1. The Hall–Kier alpha value is -3.28. The molecule has 0 saturated heterocycles. The fourth-order valence-corrected chi connectivity index (χ4v) is 3.45. The predicted octanol–water partition coefficient (Wildman–Crippen LogP) is 0.959. The number of benzene rings is 2. The van der Waals surface area contributed by atoms with E-state index in [2.05, 4.69) is 30.9 Å². The molecular formula is C18H21N9OS. The van der Waals surface area contributed by atoms with Gasteiger partial charge in [-0.25, -0.2) is 14.3 Å². The maximum Gasteiger partial charge on any atom is 0.206 e. The first-order valence-electron chi connectivity index (χ1n) is 8.74. The fraction of sp³-hybridized carbons (Fsp3) is 0.167. The molecule has 1 unspecified atom stereocenters. The maximum atomic E-state index is 12.0. The molecule has 1 atom stereocenters. The number of aromatic nitrogens is 4. The molecule has 0 aliphatic heterocycles. The van der Waals surface area contributed by atoms with Crippen LogP contribution < -0.4 is 16.2 Å². The van der Waals surface area contributed by atoms with E-state index in [0.29, 0.717) is 41.6 Å². The molecule has 1 heterocycles. The quantitative estimate of drug-likeness (QED) is 0.199. The van der Waals surface area contributed by atoms with E-state index in [0.717, 1.165) is 23.0 Å². The van der Waals surface area contributed by atoms with Crippen LogP contribution in [-0.2, 0) is 17.5 Å². The number of hydrogen-bond donors (Lipinski definition) is 5. The van der Waals surface area contributed by atoms with Crippen molar-refractivity contribution in [3.63, 3.8) is 0 Å². The molecule has 0 radical (unpaired) electrons. The van der Waals surface area contributed by atoms with Crippen molar-refractivity contribution >= 4 is 23.2 Å². The molecule has 1 aromatic heterocycles. The minimum atomic E-state index is -1.69. The van der Waals surface area contributed by atoms with Crippen LogP contribution in [0.4, 0.5) is 0 Å². The van der Waals surface area contributed by atoms with Gasteiger partial charge in [-0.05, 0) is 28.0 Å². The minimum absolute atomic E-state index is 0.337. The van der Waals surface area contributed by atoms with E-state index in [1.54, 1.807) is 12.1 Å². The molecule has 0 amide bonds. The van der Waals surface area contributed by atoms with Gasteiger partial charge in [-0.15, -0.1) is 10.2 Å². The third-order valence-corrected chi connectivity index (χ3v) is 4.97. The van der Waals surface area contributed by atoms with Gasteiger partial charge in [0.1, 0.15) is 23.2 Å². The first kappa shape index (κ1) is 20.5. The number of H-pyrrole nitrogens is 1. The first-order valence-corrected chi connectivity index (χ1v) is 9.95. The second-order valence-electron chi connectivity index (χ2n) is 6.08. The Morgan fingerprint density at radius 1 is 1.28 bits per heavy atom. The number of amidine groups is 1. The standard InChI is InChI=1S/C18H21N9OS/c19-11-23-16(20)8-9-22-10-12-4-6-13(7-5-12)14-2-1-3-15(29(21)28)17(14)18-24-26-27-25-18/h1-7,11,22H,8-10,21H2,(H3,19,20,23)(H,24,25,26,27). The molecule has 0 saturated carbocycles. The van der Waals surface area contributed by atoms with Gasteiger partial charge >= 0.3 is 0 Å². The van der Waals surface area contributed by atoms with Crippen molar-refractivity contribution < 1.29 is 4.21 Å². The normalized spacial score (nSPS) is 12.7. The second kappa shape index (κ2) is 9.78. The van der Waals surface area contributed by atoms with Crippen molar-refractivity contribution in [2.45, 2.75) is 17.9 Å². The molecule has 0 bridgehead atoms. The summed E-state index contributed by atoms with van der Waals surface area (Å²) < 4.78 is 12.0. The Labute approximate surface area is 169 Å². The van der Waals surface area contributed by atoms with Crippen LogP contribution in [0.1, 0.15) is 12.0 Å². The average Bonchev–Trinajstić information content (AvgIpc) is 3.26. The maximum absolute atomic E-state index is 12.0. The Bertz CT molecular complexity index is 1020. The van der Waals surface area contributed by atoms with Crippen LogP contribution in [0.3, 0.4) is 0 Å². The van der Waals surface area contributed by atoms with Crippen LogP contribution in [-0.4, -0.2) is 43.6 Å². The van der Waals surface area contributed by atoms with E-state index in [4.69, 9.17) is 16.3 Å². The summed E-state index contributed by atoms with van der Waals surface area (Å²) in [6.07, 6.45) is 1.51. The Morgan fingerprint density at radius 3 is 2.72 bits per heavy atom. The Balaban J connectivity index is 1.78. The lowest BCUT2D eigenvalue weighted by Crippen LogP contribution is -2.22. The number of tetrazole rings is 1. The van der Waals surface area contributed by atoms with Gasteiger partial charge in [0, 0.05) is 25.1 Å². The average molecular weight is 411 g/mol. The molecule has 2 aromatic carbocycles. The summed E-state index contributed by atoms with van der Waals surface area (Å²) >= 11 is 0. The van der Waals surface area contributed by atoms with E-state index >= 15 is 0 Å². The van der Waals surface area contributed by atoms with E-state index in [-0.39, 0.29) is 0 Å². The van der Waals surface area contributed by atoms with E-state index in [1.807, 2.05) is 30.3 Å². The molecule has 3 rings (SSSR count). The minimum Gasteiger partial charge on any atom is -0.387 e. The molecule has 0 aliphatic carbocycles. The Kier molecular flexibility index (Phi) is 6.89. The zero-order chi connectivity index (χ0) is 20.6. The summed E-state index contributed by atoms with van der Waals surface area (Å²) in [4.78, 5) is 4.16. The van der Waals surface area contributed by atoms with E-state index in [1.165, 1.54) is 0 Å². The zero-order valence-corrected chi connectivity index (χ0v) is 16.3.